The molecule has 0 spiro atoms. The average Bonchev–Trinajstić information content (AvgIpc) is 2.53. The molecule has 0 fully saturated rings. The molecule has 0 radical (unpaired) electrons. The second-order valence-corrected chi connectivity index (χ2v) is 5.68. The molecule has 6 heteroatoms. The third-order valence-corrected chi connectivity index (χ3v) is 3.53. The Balaban J connectivity index is 1.85. The highest BCUT2D eigenvalue weighted by Gasteiger charge is 2.12. The maximum Gasteiger partial charge on any atom is 0.251 e. The van der Waals surface area contributed by atoms with Gasteiger partial charge in [-0.05, 0) is 30.3 Å². The van der Waals surface area contributed by atoms with Gasteiger partial charge in [-0.3, -0.25) is 14.6 Å². The Hall–Kier alpha value is -2.21. The summed E-state index contributed by atoms with van der Waals surface area (Å²) >= 11 is 3.31. The Morgan fingerprint density at radius 2 is 2.05 bits per heavy atom. The lowest BCUT2D eigenvalue weighted by Crippen LogP contribution is -2.37. The molecule has 0 saturated heterocycles. The van der Waals surface area contributed by atoms with Gasteiger partial charge in [0.15, 0.2) is 0 Å². The third kappa shape index (κ3) is 4.66. The molecule has 2 aromatic rings. The van der Waals surface area contributed by atoms with Crippen molar-refractivity contribution in [1.29, 1.82) is 0 Å². The number of halogens is 1. The van der Waals surface area contributed by atoms with Gasteiger partial charge in [0.1, 0.15) is 0 Å². The van der Waals surface area contributed by atoms with Crippen molar-refractivity contribution >= 4 is 27.7 Å². The molecule has 0 atom stereocenters. The van der Waals surface area contributed by atoms with E-state index in [1.54, 1.807) is 31.4 Å². The Morgan fingerprint density at radius 1 is 1.23 bits per heavy atom. The molecular formula is C16H16BrN3O2. The van der Waals surface area contributed by atoms with Crippen molar-refractivity contribution in [2.24, 2.45) is 0 Å². The van der Waals surface area contributed by atoms with Gasteiger partial charge in [-0.2, -0.15) is 0 Å². The summed E-state index contributed by atoms with van der Waals surface area (Å²) in [6.45, 7) is 0.362. The van der Waals surface area contributed by atoms with Crippen molar-refractivity contribution in [1.82, 2.24) is 15.2 Å². The van der Waals surface area contributed by atoms with E-state index >= 15 is 0 Å². The molecule has 0 saturated carbocycles. The molecule has 1 aromatic heterocycles. The number of carbonyl (C=O) groups is 2. The summed E-state index contributed by atoms with van der Waals surface area (Å²) in [6, 6.07) is 12.6. The highest BCUT2D eigenvalue weighted by Crippen LogP contribution is 2.11. The van der Waals surface area contributed by atoms with Gasteiger partial charge in [-0.1, -0.05) is 28.1 Å². The second-order valence-electron chi connectivity index (χ2n) is 4.76. The fraction of sp³-hybridized carbons (Fsp3) is 0.188. The van der Waals surface area contributed by atoms with E-state index in [4.69, 9.17) is 0 Å². The first kappa shape index (κ1) is 16.2. The van der Waals surface area contributed by atoms with Crippen molar-refractivity contribution in [3.8, 4) is 0 Å². The van der Waals surface area contributed by atoms with Crippen molar-refractivity contribution in [3.63, 3.8) is 0 Å². The minimum atomic E-state index is -0.277. The van der Waals surface area contributed by atoms with Crippen LogP contribution in [0.25, 0.3) is 0 Å². The molecule has 0 aliphatic rings. The molecule has 114 valence electrons. The fourth-order valence-electron chi connectivity index (χ4n) is 1.85. The highest BCUT2D eigenvalue weighted by molar-refractivity contribution is 9.10. The van der Waals surface area contributed by atoms with Gasteiger partial charge in [-0.25, -0.2) is 0 Å². The molecule has 1 aromatic carbocycles. The Morgan fingerprint density at radius 3 is 2.73 bits per heavy atom. The largest absolute Gasteiger partial charge is 0.343 e. The number of rotatable bonds is 5. The molecular weight excluding hydrogens is 346 g/mol. The number of amides is 2. The summed E-state index contributed by atoms with van der Waals surface area (Å²) in [5, 5.41) is 2.62. The summed E-state index contributed by atoms with van der Waals surface area (Å²) in [5.74, 6) is -0.449. The molecule has 0 aliphatic carbocycles. The first-order valence-electron chi connectivity index (χ1n) is 6.74. The molecule has 0 aliphatic heterocycles. The van der Waals surface area contributed by atoms with E-state index in [2.05, 4.69) is 26.2 Å². The van der Waals surface area contributed by atoms with Gasteiger partial charge >= 0.3 is 0 Å². The van der Waals surface area contributed by atoms with Crippen molar-refractivity contribution in [3.05, 3.63) is 64.4 Å². The Kier molecular flexibility index (Phi) is 5.66. The number of nitrogens with zero attached hydrogens (tertiary/aromatic N) is 2. The monoisotopic (exact) mass is 361 g/mol. The molecule has 2 rings (SSSR count). The third-order valence-electron chi connectivity index (χ3n) is 3.04. The minimum Gasteiger partial charge on any atom is -0.343 e. The number of aromatic nitrogens is 1. The molecule has 2 amide bonds. The van der Waals surface area contributed by atoms with Crippen LogP contribution in [0.15, 0.2) is 53.1 Å². The van der Waals surface area contributed by atoms with Crippen LogP contribution in [0.3, 0.4) is 0 Å². The van der Waals surface area contributed by atoms with Gasteiger partial charge < -0.3 is 10.2 Å². The van der Waals surface area contributed by atoms with E-state index < -0.39 is 0 Å². The summed E-state index contributed by atoms with van der Waals surface area (Å²) in [4.78, 5) is 29.7. The van der Waals surface area contributed by atoms with E-state index in [0.29, 0.717) is 12.1 Å². The van der Waals surface area contributed by atoms with Crippen LogP contribution in [-0.2, 0) is 11.3 Å². The summed E-state index contributed by atoms with van der Waals surface area (Å²) in [5.41, 5.74) is 1.31. The number of hydrogen-bond donors (Lipinski definition) is 1. The second kappa shape index (κ2) is 7.70. The zero-order valence-corrected chi connectivity index (χ0v) is 13.7. The normalized spacial score (nSPS) is 10.1. The molecule has 1 heterocycles. The summed E-state index contributed by atoms with van der Waals surface area (Å²) in [7, 11) is 1.68. The van der Waals surface area contributed by atoms with Gasteiger partial charge in [-0.15, -0.1) is 0 Å². The number of benzene rings is 1. The number of pyridine rings is 1. The lowest BCUT2D eigenvalue weighted by Gasteiger charge is -2.17. The van der Waals surface area contributed by atoms with Crippen LogP contribution < -0.4 is 5.32 Å². The quantitative estimate of drug-likeness (QED) is 0.887. The smallest absolute Gasteiger partial charge is 0.251 e. The SMILES string of the molecule is CN(Cc1ccccn1)C(=O)CNC(=O)c1cccc(Br)c1. The van der Waals surface area contributed by atoms with Crippen LogP contribution in [0.1, 0.15) is 16.1 Å². The first-order valence-corrected chi connectivity index (χ1v) is 7.53. The molecule has 1 N–H and O–H groups in total. The van der Waals surface area contributed by atoms with E-state index in [0.717, 1.165) is 10.2 Å². The number of likely N-dealkylation sites (N-methyl/N-ethyl adjacent to an activating group) is 1. The zero-order valence-electron chi connectivity index (χ0n) is 12.1. The van der Waals surface area contributed by atoms with Gasteiger partial charge in [0.05, 0.1) is 18.8 Å². The van der Waals surface area contributed by atoms with E-state index in [1.807, 2.05) is 24.3 Å². The fourth-order valence-corrected chi connectivity index (χ4v) is 2.24. The highest BCUT2D eigenvalue weighted by atomic mass is 79.9. The van der Waals surface area contributed by atoms with Crippen LogP contribution in [0, 0.1) is 0 Å². The van der Waals surface area contributed by atoms with Crippen LogP contribution in [0.4, 0.5) is 0 Å². The number of nitrogens with one attached hydrogen (secondary N) is 1. The lowest BCUT2D eigenvalue weighted by atomic mass is 10.2. The predicted octanol–water partition coefficient (Wildman–Crippen LogP) is 2.23. The molecule has 5 nitrogen and oxygen atoms in total. The minimum absolute atomic E-state index is 0.0469. The molecule has 22 heavy (non-hydrogen) atoms. The van der Waals surface area contributed by atoms with Crippen molar-refractivity contribution in [2.45, 2.75) is 6.54 Å². The van der Waals surface area contributed by atoms with Crippen LogP contribution in [-0.4, -0.2) is 35.3 Å². The molecule has 0 bridgehead atoms. The molecule has 0 unspecified atom stereocenters. The Labute approximate surface area is 137 Å². The first-order chi connectivity index (χ1) is 10.6. The van der Waals surface area contributed by atoms with Gasteiger partial charge in [0.2, 0.25) is 5.91 Å². The van der Waals surface area contributed by atoms with Crippen LogP contribution in [0.5, 0.6) is 0 Å². The van der Waals surface area contributed by atoms with Gasteiger partial charge in [0.25, 0.3) is 5.91 Å². The van der Waals surface area contributed by atoms with Crippen LogP contribution in [0.2, 0.25) is 0 Å². The van der Waals surface area contributed by atoms with E-state index in [9.17, 15) is 9.59 Å². The standard InChI is InChI=1S/C16H16BrN3O2/c1-20(11-14-7-2-3-8-18-14)15(21)10-19-16(22)12-5-4-6-13(17)9-12/h2-9H,10-11H2,1H3,(H,19,22). The average molecular weight is 362 g/mol. The van der Waals surface area contributed by atoms with E-state index in [-0.39, 0.29) is 18.4 Å². The predicted molar refractivity (Wildman–Crippen MR) is 87.2 cm³/mol. The van der Waals surface area contributed by atoms with Gasteiger partial charge in [0, 0.05) is 23.3 Å². The number of carbonyl (C=O) groups excluding carboxylic acids is 2. The van der Waals surface area contributed by atoms with Crippen molar-refractivity contribution in [2.75, 3.05) is 13.6 Å². The zero-order chi connectivity index (χ0) is 15.9. The number of hydrogen-bond acceptors (Lipinski definition) is 3. The van der Waals surface area contributed by atoms with E-state index in [1.165, 1.54) is 4.90 Å². The Bertz CT molecular complexity index is 661. The topological polar surface area (TPSA) is 62.3 Å². The van der Waals surface area contributed by atoms with Crippen LogP contribution >= 0.6 is 15.9 Å². The summed E-state index contributed by atoms with van der Waals surface area (Å²) in [6.07, 6.45) is 1.68. The lowest BCUT2D eigenvalue weighted by molar-refractivity contribution is -0.129. The maximum atomic E-state index is 12.0. The summed E-state index contributed by atoms with van der Waals surface area (Å²) < 4.78 is 0.818. The van der Waals surface area contributed by atoms with Crippen molar-refractivity contribution < 1.29 is 9.59 Å². The maximum absolute atomic E-state index is 12.0.